The van der Waals surface area contributed by atoms with E-state index >= 15 is 0 Å². The largest absolute Gasteiger partial charge is 0.352 e. The number of hydrogen-bond acceptors (Lipinski definition) is 3. The Bertz CT molecular complexity index is 440. The first kappa shape index (κ1) is 13.1. The molecule has 4 nitrogen and oxygen atoms in total. The van der Waals surface area contributed by atoms with Gasteiger partial charge in [-0.05, 0) is 31.7 Å². The minimum atomic E-state index is -0.731. The van der Waals surface area contributed by atoms with Crippen molar-refractivity contribution in [2.45, 2.75) is 32.2 Å². The maximum Gasteiger partial charge on any atom is 0.245 e. The van der Waals surface area contributed by atoms with E-state index in [1.807, 2.05) is 17.5 Å². The van der Waals surface area contributed by atoms with Crippen LogP contribution in [0, 0.1) is 0 Å². The van der Waals surface area contributed by atoms with Gasteiger partial charge in [0.05, 0.1) is 0 Å². The molecule has 1 aromatic heterocycles. The maximum atomic E-state index is 12.2. The van der Waals surface area contributed by atoms with Gasteiger partial charge in [-0.15, -0.1) is 11.3 Å². The first-order valence-corrected chi connectivity index (χ1v) is 7.01. The molecule has 2 rings (SSSR count). The van der Waals surface area contributed by atoms with Crippen molar-refractivity contribution in [3.05, 3.63) is 22.4 Å². The Morgan fingerprint density at radius 1 is 1.56 bits per heavy atom. The molecule has 1 aromatic rings. The van der Waals surface area contributed by atoms with E-state index in [1.165, 1.54) is 4.88 Å². The average molecular weight is 266 g/mol. The van der Waals surface area contributed by atoms with Crippen LogP contribution >= 0.6 is 11.3 Å². The molecule has 0 bridgehead atoms. The van der Waals surface area contributed by atoms with Crippen LogP contribution in [-0.4, -0.2) is 35.3 Å². The highest BCUT2D eigenvalue weighted by Gasteiger charge is 2.39. The molecule has 1 aliphatic rings. The lowest BCUT2D eigenvalue weighted by Crippen LogP contribution is -2.63. The summed E-state index contributed by atoms with van der Waals surface area (Å²) in [6.07, 6.45) is 1.22. The third-order valence-corrected chi connectivity index (χ3v) is 4.25. The second-order valence-corrected chi connectivity index (χ2v) is 5.97. The first-order valence-electron chi connectivity index (χ1n) is 6.13. The monoisotopic (exact) mass is 266 g/mol. The van der Waals surface area contributed by atoms with Crippen molar-refractivity contribution >= 4 is 23.2 Å². The summed E-state index contributed by atoms with van der Waals surface area (Å²) in [5.74, 6) is -0.0125. The summed E-state index contributed by atoms with van der Waals surface area (Å²) in [5.41, 5.74) is -0.731. The molecule has 0 atom stereocenters. The molecule has 0 aromatic carbocycles. The molecule has 1 saturated heterocycles. The van der Waals surface area contributed by atoms with Gasteiger partial charge in [0.1, 0.15) is 5.54 Å². The Balaban J connectivity index is 1.97. The second kappa shape index (κ2) is 5.10. The number of aryl methyl sites for hydroxylation is 1. The Labute approximate surface area is 111 Å². The van der Waals surface area contributed by atoms with Crippen LogP contribution < -0.4 is 5.32 Å². The Hall–Kier alpha value is -1.36. The van der Waals surface area contributed by atoms with Crippen molar-refractivity contribution in [3.8, 4) is 0 Å². The van der Waals surface area contributed by atoms with E-state index in [0.29, 0.717) is 19.5 Å². The molecule has 18 heavy (non-hydrogen) atoms. The Morgan fingerprint density at radius 2 is 2.33 bits per heavy atom. The van der Waals surface area contributed by atoms with Crippen LogP contribution in [0.1, 0.15) is 25.1 Å². The van der Waals surface area contributed by atoms with E-state index in [4.69, 9.17) is 0 Å². The van der Waals surface area contributed by atoms with Crippen molar-refractivity contribution in [3.63, 3.8) is 0 Å². The van der Waals surface area contributed by atoms with Crippen molar-refractivity contribution in [2.75, 3.05) is 13.1 Å². The molecule has 0 spiro atoms. The van der Waals surface area contributed by atoms with Crippen molar-refractivity contribution in [1.82, 2.24) is 10.2 Å². The van der Waals surface area contributed by atoms with Crippen LogP contribution in [0.25, 0.3) is 0 Å². The smallest absolute Gasteiger partial charge is 0.245 e. The van der Waals surface area contributed by atoms with Crippen LogP contribution in [0.3, 0.4) is 0 Å². The Kier molecular flexibility index (Phi) is 3.71. The molecule has 0 aliphatic carbocycles. The predicted molar refractivity (Wildman–Crippen MR) is 71.4 cm³/mol. The van der Waals surface area contributed by atoms with Crippen molar-refractivity contribution in [2.24, 2.45) is 0 Å². The van der Waals surface area contributed by atoms with Gasteiger partial charge < -0.3 is 10.2 Å². The van der Waals surface area contributed by atoms with Gasteiger partial charge in [-0.1, -0.05) is 6.07 Å². The minimum Gasteiger partial charge on any atom is -0.352 e. The summed E-state index contributed by atoms with van der Waals surface area (Å²) >= 11 is 1.66. The molecule has 2 amide bonds. The third-order valence-electron chi connectivity index (χ3n) is 3.32. The van der Waals surface area contributed by atoms with Gasteiger partial charge in [0.25, 0.3) is 0 Å². The molecule has 2 heterocycles. The quantitative estimate of drug-likeness (QED) is 0.899. The van der Waals surface area contributed by atoms with Crippen LogP contribution in [0.4, 0.5) is 0 Å². The number of carbonyl (C=O) groups excluding carboxylic acids is 2. The maximum absolute atomic E-state index is 12.2. The van der Waals surface area contributed by atoms with Crippen molar-refractivity contribution < 1.29 is 9.59 Å². The van der Waals surface area contributed by atoms with E-state index in [9.17, 15) is 9.59 Å². The van der Waals surface area contributed by atoms with E-state index in [-0.39, 0.29) is 11.8 Å². The fraction of sp³-hybridized carbons (Fsp3) is 0.538. The van der Waals surface area contributed by atoms with Gasteiger partial charge in [0, 0.05) is 24.4 Å². The van der Waals surface area contributed by atoms with Gasteiger partial charge in [-0.3, -0.25) is 9.59 Å². The number of rotatable bonds is 3. The van der Waals surface area contributed by atoms with E-state index in [2.05, 4.69) is 5.32 Å². The minimum absolute atomic E-state index is 0.0586. The zero-order valence-electron chi connectivity index (χ0n) is 10.7. The van der Waals surface area contributed by atoms with Crippen LogP contribution in [0.2, 0.25) is 0 Å². The molecule has 0 saturated carbocycles. The van der Waals surface area contributed by atoms with E-state index in [0.717, 1.165) is 6.42 Å². The lowest BCUT2D eigenvalue weighted by molar-refractivity contribution is -0.149. The lowest BCUT2D eigenvalue weighted by Gasteiger charge is -2.41. The average Bonchev–Trinajstić information content (AvgIpc) is 2.82. The molecule has 1 N–H and O–H groups in total. The lowest BCUT2D eigenvalue weighted by atomic mass is 9.98. The molecular formula is C13H18N2O2S. The van der Waals surface area contributed by atoms with E-state index < -0.39 is 5.54 Å². The molecule has 5 heteroatoms. The molecule has 98 valence electrons. The van der Waals surface area contributed by atoms with Crippen LogP contribution in [0.5, 0.6) is 0 Å². The second-order valence-electron chi connectivity index (χ2n) is 4.94. The molecule has 0 radical (unpaired) electrons. The highest BCUT2D eigenvalue weighted by atomic mass is 32.1. The molecule has 0 unspecified atom stereocenters. The number of hydrogen-bond donors (Lipinski definition) is 1. The van der Waals surface area contributed by atoms with Crippen molar-refractivity contribution in [1.29, 1.82) is 0 Å². The SMILES string of the molecule is CC1(C)C(=O)NCCN1C(=O)CCc1cccs1. The molecular weight excluding hydrogens is 248 g/mol. The standard InChI is InChI=1S/C13H18N2O2S/c1-13(2)12(17)14-7-8-15(13)11(16)6-5-10-4-3-9-18-10/h3-4,9H,5-8H2,1-2H3,(H,14,17). The summed E-state index contributed by atoms with van der Waals surface area (Å²) < 4.78 is 0. The molecule has 1 aliphatic heterocycles. The fourth-order valence-corrected chi connectivity index (χ4v) is 2.86. The number of thiophene rings is 1. The zero-order valence-corrected chi connectivity index (χ0v) is 11.5. The number of carbonyl (C=O) groups is 2. The summed E-state index contributed by atoms with van der Waals surface area (Å²) in [4.78, 5) is 26.9. The van der Waals surface area contributed by atoms with E-state index in [1.54, 1.807) is 30.1 Å². The highest BCUT2D eigenvalue weighted by molar-refractivity contribution is 7.09. The van der Waals surface area contributed by atoms with Gasteiger partial charge in [-0.25, -0.2) is 0 Å². The molecule has 1 fully saturated rings. The van der Waals surface area contributed by atoms with Gasteiger partial charge in [0.2, 0.25) is 11.8 Å². The van der Waals surface area contributed by atoms with Gasteiger partial charge in [-0.2, -0.15) is 0 Å². The topological polar surface area (TPSA) is 49.4 Å². The highest BCUT2D eigenvalue weighted by Crippen LogP contribution is 2.20. The Morgan fingerprint density at radius 3 is 3.00 bits per heavy atom. The number of nitrogens with zero attached hydrogens (tertiary/aromatic N) is 1. The third kappa shape index (κ3) is 2.56. The number of amides is 2. The first-order chi connectivity index (χ1) is 8.51. The predicted octanol–water partition coefficient (Wildman–Crippen LogP) is 1.42. The number of nitrogens with one attached hydrogen (secondary N) is 1. The summed E-state index contributed by atoms with van der Waals surface area (Å²) in [5, 5.41) is 4.81. The number of piperazine rings is 1. The fourth-order valence-electron chi connectivity index (χ4n) is 2.16. The van der Waals surface area contributed by atoms with Crippen LogP contribution in [0.15, 0.2) is 17.5 Å². The summed E-state index contributed by atoms with van der Waals surface area (Å²) in [6, 6.07) is 4.02. The summed E-state index contributed by atoms with van der Waals surface area (Å²) in [7, 11) is 0. The van der Waals surface area contributed by atoms with Gasteiger partial charge in [0.15, 0.2) is 0 Å². The normalized spacial score (nSPS) is 18.6. The van der Waals surface area contributed by atoms with Crippen LogP contribution in [-0.2, 0) is 16.0 Å². The van der Waals surface area contributed by atoms with Gasteiger partial charge >= 0.3 is 0 Å². The summed E-state index contributed by atoms with van der Waals surface area (Å²) in [6.45, 7) is 4.74. The zero-order chi connectivity index (χ0) is 13.2.